The van der Waals surface area contributed by atoms with Crippen LogP contribution < -0.4 is 20.7 Å². The first-order valence-electron chi connectivity index (χ1n) is 11.0. The standard InChI is InChI=1S/C20H22N8O2S/c1-21-19(29)16-14(9-15(25-26-16)24-20(31)11-7-8-11)23-13-6-4-5-12(17(13)30-3)18-22-10-28(2)27-18/h4-6,9-11H,7-8H2,1-3H3,(H,21,29)(H2,23,24,25,31)/i1D3. The van der Waals surface area contributed by atoms with Crippen molar-refractivity contribution in [3.8, 4) is 17.1 Å². The van der Waals surface area contributed by atoms with Crippen LogP contribution in [0.2, 0.25) is 0 Å². The number of carbonyl (C=O) groups excluding carboxylic acids is 1. The number of thiocarbonyl (C=S) groups is 1. The van der Waals surface area contributed by atoms with E-state index >= 15 is 0 Å². The molecule has 10 nitrogen and oxygen atoms in total. The van der Waals surface area contributed by atoms with Crippen molar-refractivity contribution < 1.29 is 13.6 Å². The molecule has 0 atom stereocenters. The summed E-state index contributed by atoms with van der Waals surface area (Å²) < 4.78 is 29.2. The Balaban J connectivity index is 1.72. The molecule has 0 spiro atoms. The first-order chi connectivity index (χ1) is 16.1. The molecule has 2 aromatic heterocycles. The summed E-state index contributed by atoms with van der Waals surface area (Å²) in [4.78, 5) is 17.6. The van der Waals surface area contributed by atoms with Crippen molar-refractivity contribution in [1.82, 2.24) is 30.3 Å². The fourth-order valence-corrected chi connectivity index (χ4v) is 3.33. The Morgan fingerprint density at radius 1 is 1.32 bits per heavy atom. The predicted molar refractivity (Wildman–Crippen MR) is 121 cm³/mol. The zero-order valence-electron chi connectivity index (χ0n) is 19.8. The van der Waals surface area contributed by atoms with Crippen LogP contribution in [0.3, 0.4) is 0 Å². The normalized spacial score (nSPS) is 14.7. The molecule has 1 amide bonds. The van der Waals surface area contributed by atoms with E-state index in [4.69, 9.17) is 21.1 Å². The lowest BCUT2D eigenvalue weighted by atomic mass is 10.1. The Morgan fingerprint density at radius 3 is 2.84 bits per heavy atom. The Bertz CT molecular complexity index is 1240. The molecule has 1 aliphatic rings. The number of hydrogen-bond acceptors (Lipinski definition) is 8. The summed E-state index contributed by atoms with van der Waals surface area (Å²) in [5.74, 6) is 0.595. The number of aromatic nitrogens is 5. The monoisotopic (exact) mass is 441 g/mol. The number of para-hydroxylation sites is 1. The van der Waals surface area contributed by atoms with Crippen LogP contribution in [0.1, 0.15) is 27.4 Å². The molecule has 4 rings (SSSR count). The van der Waals surface area contributed by atoms with Crippen LogP contribution in [0.5, 0.6) is 5.75 Å². The molecule has 31 heavy (non-hydrogen) atoms. The second kappa shape index (κ2) is 8.64. The summed E-state index contributed by atoms with van der Waals surface area (Å²) in [6.07, 6.45) is 3.59. The van der Waals surface area contributed by atoms with Gasteiger partial charge in [0.15, 0.2) is 23.1 Å². The maximum Gasteiger partial charge on any atom is 0.273 e. The molecule has 0 saturated heterocycles. The molecule has 11 heteroatoms. The van der Waals surface area contributed by atoms with Gasteiger partial charge in [-0.05, 0) is 25.0 Å². The third-order valence-corrected chi connectivity index (χ3v) is 5.09. The summed E-state index contributed by atoms with van der Waals surface area (Å²) in [5, 5.41) is 20.4. The van der Waals surface area contributed by atoms with Gasteiger partial charge in [0, 0.05) is 30.1 Å². The minimum atomic E-state index is -2.69. The van der Waals surface area contributed by atoms with Gasteiger partial charge in [0.25, 0.3) is 5.91 Å². The van der Waals surface area contributed by atoms with Crippen molar-refractivity contribution in [3.05, 3.63) is 36.3 Å². The highest BCUT2D eigenvalue weighted by Crippen LogP contribution is 2.37. The van der Waals surface area contributed by atoms with Crippen molar-refractivity contribution in [2.24, 2.45) is 13.0 Å². The molecular weight excluding hydrogens is 416 g/mol. The number of hydrogen-bond donors (Lipinski definition) is 3. The van der Waals surface area contributed by atoms with Crippen LogP contribution >= 0.6 is 12.2 Å². The quantitative estimate of drug-likeness (QED) is 0.475. The van der Waals surface area contributed by atoms with E-state index in [0.29, 0.717) is 39.5 Å². The van der Waals surface area contributed by atoms with E-state index in [2.05, 4.69) is 30.9 Å². The average molecular weight is 442 g/mol. The fourth-order valence-electron chi connectivity index (χ4n) is 2.99. The van der Waals surface area contributed by atoms with E-state index in [9.17, 15) is 4.79 Å². The van der Waals surface area contributed by atoms with Crippen molar-refractivity contribution >= 4 is 40.3 Å². The summed E-state index contributed by atoms with van der Waals surface area (Å²) in [7, 11) is 3.26. The van der Waals surface area contributed by atoms with E-state index < -0.39 is 12.9 Å². The molecule has 3 aromatic rings. The maximum absolute atomic E-state index is 12.7. The minimum Gasteiger partial charge on any atom is -0.494 e. The number of nitrogens with zero attached hydrogens (tertiary/aromatic N) is 5. The number of anilines is 3. The number of nitrogens with one attached hydrogen (secondary N) is 3. The molecule has 0 radical (unpaired) electrons. The van der Waals surface area contributed by atoms with E-state index in [0.717, 1.165) is 12.8 Å². The van der Waals surface area contributed by atoms with Crippen LogP contribution in [0, 0.1) is 5.92 Å². The molecule has 3 N–H and O–H groups in total. The summed E-state index contributed by atoms with van der Waals surface area (Å²) in [6.45, 7) is -2.69. The Kier molecular flexibility index (Phi) is 4.77. The lowest BCUT2D eigenvalue weighted by Crippen LogP contribution is -2.22. The zero-order chi connectivity index (χ0) is 24.5. The number of methoxy groups -OCH3 is 1. The molecule has 0 bridgehead atoms. The van der Waals surface area contributed by atoms with Crippen molar-refractivity contribution in [1.29, 1.82) is 0 Å². The van der Waals surface area contributed by atoms with Crippen molar-refractivity contribution in [3.63, 3.8) is 0 Å². The van der Waals surface area contributed by atoms with E-state index in [1.54, 1.807) is 42.3 Å². The Morgan fingerprint density at radius 2 is 2.16 bits per heavy atom. The van der Waals surface area contributed by atoms with Crippen LogP contribution in [-0.2, 0) is 7.05 Å². The lowest BCUT2D eigenvalue weighted by molar-refractivity contribution is 0.0958. The minimum absolute atomic E-state index is 0.206. The van der Waals surface area contributed by atoms with Crippen LogP contribution in [0.4, 0.5) is 17.2 Å². The largest absolute Gasteiger partial charge is 0.494 e. The average Bonchev–Trinajstić information content (AvgIpc) is 3.53. The number of aryl methyl sites for hydroxylation is 1. The zero-order valence-corrected chi connectivity index (χ0v) is 17.7. The summed E-state index contributed by atoms with van der Waals surface area (Å²) in [6, 6.07) is 6.85. The highest BCUT2D eigenvalue weighted by Gasteiger charge is 2.27. The van der Waals surface area contributed by atoms with Gasteiger partial charge in [0.1, 0.15) is 6.33 Å². The van der Waals surface area contributed by atoms with Gasteiger partial charge < -0.3 is 20.7 Å². The molecule has 2 heterocycles. The van der Waals surface area contributed by atoms with Crippen LogP contribution in [0.15, 0.2) is 30.6 Å². The maximum atomic E-state index is 12.7. The molecule has 1 fully saturated rings. The van der Waals surface area contributed by atoms with Crippen LogP contribution in [0.25, 0.3) is 11.4 Å². The molecular formula is C20H22N8O2S. The first kappa shape index (κ1) is 17.1. The van der Waals surface area contributed by atoms with Gasteiger partial charge in [-0.1, -0.05) is 18.3 Å². The van der Waals surface area contributed by atoms with Crippen LogP contribution in [-0.4, -0.2) is 49.9 Å². The second-order valence-corrected chi connectivity index (χ2v) is 7.40. The number of benzene rings is 1. The topological polar surface area (TPSA) is 119 Å². The third-order valence-electron chi connectivity index (χ3n) is 4.65. The van der Waals surface area contributed by atoms with Gasteiger partial charge in [-0.2, -0.15) is 5.10 Å². The number of ether oxygens (including phenoxy) is 1. The predicted octanol–water partition coefficient (Wildman–Crippen LogP) is 2.53. The molecule has 1 saturated carbocycles. The molecule has 160 valence electrons. The van der Waals surface area contributed by atoms with Gasteiger partial charge >= 0.3 is 0 Å². The highest BCUT2D eigenvalue weighted by atomic mass is 32.1. The fraction of sp³-hybridized carbons (Fsp3) is 0.300. The van der Waals surface area contributed by atoms with Gasteiger partial charge in [-0.15, -0.1) is 10.2 Å². The summed E-state index contributed by atoms with van der Waals surface area (Å²) >= 11 is 5.38. The third kappa shape index (κ3) is 4.45. The number of rotatable bonds is 7. The highest BCUT2D eigenvalue weighted by molar-refractivity contribution is 7.80. The Labute approximate surface area is 188 Å². The Hall–Kier alpha value is -3.60. The van der Waals surface area contributed by atoms with Gasteiger partial charge in [-0.25, -0.2) is 4.98 Å². The van der Waals surface area contributed by atoms with E-state index in [-0.39, 0.29) is 11.4 Å². The summed E-state index contributed by atoms with van der Waals surface area (Å²) in [5.41, 5.74) is 1.11. The molecule has 0 aliphatic heterocycles. The van der Waals surface area contributed by atoms with Crippen molar-refractivity contribution in [2.45, 2.75) is 12.8 Å². The van der Waals surface area contributed by atoms with Gasteiger partial charge in [0.2, 0.25) is 0 Å². The number of amides is 1. The number of carbonyl (C=O) groups is 1. The lowest BCUT2D eigenvalue weighted by Gasteiger charge is -2.16. The SMILES string of the molecule is [2H]C([2H])([2H])NC(=O)c1nnc(NC(=S)C2CC2)cc1Nc1cccc(-c2ncn(C)n2)c1OC. The molecule has 1 aromatic carbocycles. The van der Waals surface area contributed by atoms with E-state index in [1.807, 2.05) is 5.32 Å². The first-order valence-corrected chi connectivity index (χ1v) is 9.86. The van der Waals surface area contributed by atoms with E-state index in [1.165, 1.54) is 7.11 Å². The second-order valence-electron chi connectivity index (χ2n) is 6.96. The molecule has 1 aliphatic carbocycles. The molecule has 0 unspecified atom stereocenters. The van der Waals surface area contributed by atoms with Gasteiger partial charge in [0.05, 0.1) is 29.0 Å². The smallest absolute Gasteiger partial charge is 0.273 e. The van der Waals surface area contributed by atoms with Gasteiger partial charge in [-0.3, -0.25) is 9.48 Å². The van der Waals surface area contributed by atoms with Crippen molar-refractivity contribution in [2.75, 3.05) is 24.7 Å².